The van der Waals surface area contributed by atoms with Gasteiger partial charge in [0.05, 0.1) is 17.0 Å². The normalized spacial score (nSPS) is 11.2. The highest BCUT2D eigenvalue weighted by Crippen LogP contribution is 2.25. The molecule has 0 unspecified atom stereocenters. The van der Waals surface area contributed by atoms with Crippen molar-refractivity contribution in [1.29, 1.82) is 0 Å². The SMILES string of the molecule is CN(c1cc(Br)cc(C(=O)O)c1)S(=O)(=O)Cc1ccccc1. The van der Waals surface area contributed by atoms with E-state index in [0.29, 0.717) is 15.7 Å². The third kappa shape index (κ3) is 3.86. The minimum absolute atomic E-state index is 0.0196. The molecule has 7 heteroatoms. The van der Waals surface area contributed by atoms with Crippen LogP contribution in [0.15, 0.2) is 53.0 Å². The Morgan fingerprint density at radius 1 is 1.18 bits per heavy atom. The molecule has 0 aliphatic rings. The van der Waals surface area contributed by atoms with Crippen LogP contribution >= 0.6 is 15.9 Å². The molecule has 2 rings (SSSR count). The van der Waals surface area contributed by atoms with Gasteiger partial charge in [0.25, 0.3) is 0 Å². The number of rotatable bonds is 5. The number of aromatic carboxylic acids is 1. The average Bonchev–Trinajstić information content (AvgIpc) is 2.46. The van der Waals surface area contributed by atoms with Crippen molar-refractivity contribution in [3.05, 3.63) is 64.1 Å². The Kier molecular flexibility index (Phi) is 4.87. The summed E-state index contributed by atoms with van der Waals surface area (Å²) in [6.07, 6.45) is 0. The molecule has 116 valence electrons. The number of hydrogen-bond acceptors (Lipinski definition) is 3. The van der Waals surface area contributed by atoms with Gasteiger partial charge >= 0.3 is 5.97 Å². The first kappa shape index (κ1) is 16.5. The summed E-state index contributed by atoms with van der Waals surface area (Å²) in [5.74, 6) is -1.27. The van der Waals surface area contributed by atoms with Gasteiger partial charge in [-0.1, -0.05) is 46.3 Å². The van der Waals surface area contributed by atoms with Gasteiger partial charge in [-0.3, -0.25) is 4.31 Å². The fourth-order valence-electron chi connectivity index (χ4n) is 1.92. The van der Waals surface area contributed by atoms with Crippen LogP contribution in [0.4, 0.5) is 5.69 Å². The molecule has 2 aromatic carbocycles. The molecule has 5 nitrogen and oxygen atoms in total. The highest BCUT2D eigenvalue weighted by atomic mass is 79.9. The van der Waals surface area contributed by atoms with E-state index in [4.69, 9.17) is 5.11 Å². The maximum atomic E-state index is 12.5. The smallest absolute Gasteiger partial charge is 0.335 e. The van der Waals surface area contributed by atoms with E-state index < -0.39 is 16.0 Å². The van der Waals surface area contributed by atoms with Gasteiger partial charge in [-0.2, -0.15) is 0 Å². The largest absolute Gasteiger partial charge is 0.478 e. The molecule has 0 radical (unpaired) electrons. The van der Waals surface area contributed by atoms with Crippen molar-refractivity contribution in [1.82, 2.24) is 0 Å². The zero-order valence-electron chi connectivity index (χ0n) is 11.7. The molecule has 22 heavy (non-hydrogen) atoms. The third-order valence-electron chi connectivity index (χ3n) is 3.10. The number of benzene rings is 2. The third-order valence-corrected chi connectivity index (χ3v) is 5.30. The van der Waals surface area contributed by atoms with Crippen LogP contribution in [0.25, 0.3) is 0 Å². The Morgan fingerprint density at radius 2 is 1.82 bits per heavy atom. The fraction of sp³-hybridized carbons (Fsp3) is 0.133. The lowest BCUT2D eigenvalue weighted by Crippen LogP contribution is -2.28. The first-order valence-electron chi connectivity index (χ1n) is 6.34. The second-order valence-electron chi connectivity index (χ2n) is 4.71. The summed E-state index contributed by atoms with van der Waals surface area (Å²) in [6.45, 7) is 0. The Balaban J connectivity index is 2.34. The number of carboxylic acids is 1. The van der Waals surface area contributed by atoms with Crippen LogP contribution in [0.3, 0.4) is 0 Å². The second-order valence-corrected chi connectivity index (χ2v) is 7.63. The number of anilines is 1. The molecule has 2 aromatic rings. The number of halogens is 1. The molecule has 0 aliphatic carbocycles. The fourth-order valence-corrected chi connectivity index (χ4v) is 3.64. The van der Waals surface area contributed by atoms with Gasteiger partial charge < -0.3 is 5.11 Å². The van der Waals surface area contributed by atoms with E-state index >= 15 is 0 Å². The number of hydrogen-bond donors (Lipinski definition) is 1. The molecule has 0 fully saturated rings. The highest BCUT2D eigenvalue weighted by molar-refractivity contribution is 9.10. The van der Waals surface area contributed by atoms with Gasteiger partial charge in [-0.15, -0.1) is 0 Å². The predicted molar refractivity (Wildman–Crippen MR) is 88.6 cm³/mol. The van der Waals surface area contributed by atoms with Crippen molar-refractivity contribution in [3.63, 3.8) is 0 Å². The van der Waals surface area contributed by atoms with Crippen molar-refractivity contribution in [3.8, 4) is 0 Å². The molecule has 0 bridgehead atoms. The zero-order valence-corrected chi connectivity index (χ0v) is 14.1. The molecule has 0 saturated heterocycles. The average molecular weight is 384 g/mol. The van der Waals surface area contributed by atoms with Crippen molar-refractivity contribution >= 4 is 37.6 Å². The van der Waals surface area contributed by atoms with Crippen molar-refractivity contribution in [2.24, 2.45) is 0 Å². The van der Waals surface area contributed by atoms with Crippen LogP contribution in [-0.4, -0.2) is 26.5 Å². The number of sulfonamides is 1. The van der Waals surface area contributed by atoms with Gasteiger partial charge in [-0.25, -0.2) is 13.2 Å². The summed E-state index contributed by atoms with van der Waals surface area (Å²) < 4.78 is 26.5. The Bertz CT molecular complexity index is 790. The van der Waals surface area contributed by atoms with E-state index in [1.54, 1.807) is 30.3 Å². The maximum absolute atomic E-state index is 12.5. The van der Waals surface area contributed by atoms with Gasteiger partial charge in [0.2, 0.25) is 10.0 Å². The van der Waals surface area contributed by atoms with Gasteiger partial charge in [0, 0.05) is 11.5 Å². The molecule has 0 spiro atoms. The molecule has 0 heterocycles. The summed E-state index contributed by atoms with van der Waals surface area (Å²) >= 11 is 3.20. The standard InChI is InChI=1S/C15H14BrNO4S/c1-17(14-8-12(15(18)19)7-13(16)9-14)22(20,21)10-11-5-3-2-4-6-11/h2-9H,10H2,1H3,(H,18,19). The van der Waals surface area contributed by atoms with E-state index in [9.17, 15) is 13.2 Å². The van der Waals surface area contributed by atoms with Crippen molar-refractivity contribution < 1.29 is 18.3 Å². The lowest BCUT2D eigenvalue weighted by molar-refractivity contribution is 0.0697. The zero-order chi connectivity index (χ0) is 16.3. The lowest BCUT2D eigenvalue weighted by Gasteiger charge is -2.20. The minimum atomic E-state index is -3.61. The topological polar surface area (TPSA) is 74.7 Å². The lowest BCUT2D eigenvalue weighted by atomic mass is 10.2. The quantitative estimate of drug-likeness (QED) is 0.860. The van der Waals surface area contributed by atoms with Gasteiger partial charge in [0.1, 0.15) is 0 Å². The van der Waals surface area contributed by atoms with E-state index in [2.05, 4.69) is 15.9 Å². The van der Waals surface area contributed by atoms with E-state index in [0.717, 1.165) is 4.31 Å². The number of nitrogens with zero attached hydrogens (tertiary/aromatic N) is 1. The minimum Gasteiger partial charge on any atom is -0.478 e. The van der Waals surface area contributed by atoms with Crippen LogP contribution in [0, 0.1) is 0 Å². The molecular weight excluding hydrogens is 370 g/mol. The summed E-state index contributed by atoms with van der Waals surface area (Å²) in [7, 11) is -2.20. The molecule has 0 amide bonds. The number of carbonyl (C=O) groups is 1. The van der Waals surface area contributed by atoms with E-state index in [1.807, 2.05) is 6.07 Å². The Labute approximate surface area is 137 Å². The second kappa shape index (κ2) is 6.50. The summed E-state index contributed by atoms with van der Waals surface area (Å²) in [4.78, 5) is 11.1. The summed E-state index contributed by atoms with van der Waals surface area (Å²) in [5, 5.41) is 9.06. The van der Waals surface area contributed by atoms with Crippen LogP contribution in [0.5, 0.6) is 0 Å². The first-order valence-corrected chi connectivity index (χ1v) is 8.74. The Morgan fingerprint density at radius 3 is 2.41 bits per heavy atom. The monoisotopic (exact) mass is 383 g/mol. The van der Waals surface area contributed by atoms with Crippen LogP contribution in [0.1, 0.15) is 15.9 Å². The predicted octanol–water partition coefficient (Wildman–Crippen LogP) is 3.11. The first-order chi connectivity index (χ1) is 10.3. The summed E-state index contributed by atoms with van der Waals surface area (Å²) in [6, 6.07) is 13.1. The molecule has 0 saturated carbocycles. The summed E-state index contributed by atoms with van der Waals surface area (Å²) in [5.41, 5.74) is 0.983. The van der Waals surface area contributed by atoms with Gasteiger partial charge in [-0.05, 0) is 23.8 Å². The van der Waals surface area contributed by atoms with E-state index in [1.165, 1.54) is 19.2 Å². The Hall–Kier alpha value is -1.86. The maximum Gasteiger partial charge on any atom is 0.335 e. The molecule has 1 N–H and O–H groups in total. The van der Waals surface area contributed by atoms with Crippen molar-refractivity contribution in [2.45, 2.75) is 5.75 Å². The van der Waals surface area contributed by atoms with Crippen LogP contribution in [0.2, 0.25) is 0 Å². The van der Waals surface area contributed by atoms with Gasteiger partial charge in [0.15, 0.2) is 0 Å². The molecule has 0 atom stereocenters. The molecule has 0 aromatic heterocycles. The highest BCUT2D eigenvalue weighted by Gasteiger charge is 2.20. The van der Waals surface area contributed by atoms with Crippen LogP contribution < -0.4 is 4.31 Å². The molecular formula is C15H14BrNO4S. The van der Waals surface area contributed by atoms with Crippen LogP contribution in [-0.2, 0) is 15.8 Å². The van der Waals surface area contributed by atoms with E-state index in [-0.39, 0.29) is 11.3 Å². The van der Waals surface area contributed by atoms with Crippen molar-refractivity contribution in [2.75, 3.05) is 11.4 Å². The molecule has 0 aliphatic heterocycles. The number of carboxylic acid groups (broad SMARTS) is 1.